The Morgan fingerprint density at radius 3 is 2.61 bits per heavy atom. The van der Waals surface area contributed by atoms with E-state index in [0.29, 0.717) is 28.2 Å². The first-order valence-corrected chi connectivity index (χ1v) is 8.49. The Hall–Kier alpha value is -1.79. The van der Waals surface area contributed by atoms with Gasteiger partial charge in [0.2, 0.25) is 5.95 Å². The fourth-order valence-electron chi connectivity index (χ4n) is 2.78. The quantitative estimate of drug-likeness (QED) is 0.761. The number of nitrogens with one attached hydrogen (secondary N) is 1. The van der Waals surface area contributed by atoms with Gasteiger partial charge in [0.05, 0.1) is 28.3 Å². The summed E-state index contributed by atoms with van der Waals surface area (Å²) in [4.78, 5) is 8.98. The first kappa shape index (κ1) is 13.6. The van der Waals surface area contributed by atoms with Crippen LogP contribution in [-0.4, -0.2) is 24.3 Å². The lowest BCUT2D eigenvalue weighted by Gasteiger charge is -2.05. The first-order valence-electron chi connectivity index (χ1n) is 7.74. The molecule has 3 aromatic heterocycles. The topological polar surface area (TPSA) is 60.6 Å². The normalized spacial score (nSPS) is 17.8. The molecular formula is C15H14Cl2N6. The highest BCUT2D eigenvalue weighted by Gasteiger charge is 2.27. The molecule has 3 heterocycles. The zero-order valence-corrected chi connectivity index (χ0v) is 13.7. The van der Waals surface area contributed by atoms with Gasteiger partial charge in [-0.15, -0.1) is 0 Å². The fraction of sp³-hybridized carbons (Fsp3) is 0.400. The maximum atomic E-state index is 6.28. The predicted octanol–water partition coefficient (Wildman–Crippen LogP) is 4.35. The summed E-state index contributed by atoms with van der Waals surface area (Å²) in [7, 11) is 0. The minimum absolute atomic E-state index is 0.441. The third-order valence-electron chi connectivity index (χ3n) is 4.32. The van der Waals surface area contributed by atoms with Crippen LogP contribution in [0, 0.1) is 0 Å². The Bertz CT molecular complexity index is 906. The van der Waals surface area contributed by atoms with E-state index in [-0.39, 0.29) is 0 Å². The second-order valence-electron chi connectivity index (χ2n) is 6.22. The van der Waals surface area contributed by atoms with Crippen LogP contribution in [0.1, 0.15) is 37.8 Å². The van der Waals surface area contributed by atoms with Crippen molar-refractivity contribution in [2.75, 3.05) is 5.32 Å². The minimum atomic E-state index is 0.441. The summed E-state index contributed by atoms with van der Waals surface area (Å²) in [6.07, 6.45) is 10.3. The molecule has 0 aromatic carbocycles. The van der Waals surface area contributed by atoms with Crippen LogP contribution >= 0.6 is 23.2 Å². The molecule has 8 heteroatoms. The van der Waals surface area contributed by atoms with E-state index in [9.17, 15) is 0 Å². The predicted molar refractivity (Wildman–Crippen MR) is 89.6 cm³/mol. The Morgan fingerprint density at radius 2 is 1.87 bits per heavy atom. The molecule has 0 atom stereocenters. The summed E-state index contributed by atoms with van der Waals surface area (Å²) in [5, 5.41) is 9.51. The maximum absolute atomic E-state index is 6.28. The van der Waals surface area contributed by atoms with Gasteiger partial charge in [0.25, 0.3) is 0 Å². The van der Waals surface area contributed by atoms with E-state index in [4.69, 9.17) is 23.2 Å². The van der Waals surface area contributed by atoms with E-state index >= 15 is 0 Å². The number of rotatable bonds is 4. The molecule has 118 valence electrons. The zero-order valence-electron chi connectivity index (χ0n) is 12.2. The number of aromatic nitrogens is 5. The van der Waals surface area contributed by atoms with Gasteiger partial charge in [0.15, 0.2) is 5.15 Å². The molecule has 5 rings (SSSR count). The van der Waals surface area contributed by atoms with Crippen molar-refractivity contribution >= 4 is 45.9 Å². The van der Waals surface area contributed by atoms with Gasteiger partial charge in [0, 0.05) is 18.4 Å². The van der Waals surface area contributed by atoms with Gasteiger partial charge < -0.3 is 9.88 Å². The SMILES string of the molecule is Clc1nn(C2CC2)cc1Nc1ncc2c(Cl)cn(C3CC3)c2n1. The number of fused-ring (bicyclic) bond motifs is 1. The van der Waals surface area contributed by atoms with Crippen LogP contribution in [0.25, 0.3) is 11.0 Å². The van der Waals surface area contributed by atoms with E-state index in [0.717, 1.165) is 29.6 Å². The second kappa shape index (κ2) is 4.85. The maximum Gasteiger partial charge on any atom is 0.229 e. The average Bonchev–Trinajstić information content (AvgIpc) is 3.45. The summed E-state index contributed by atoms with van der Waals surface area (Å²) < 4.78 is 4.05. The second-order valence-corrected chi connectivity index (χ2v) is 6.98. The molecule has 23 heavy (non-hydrogen) atoms. The average molecular weight is 349 g/mol. The van der Waals surface area contributed by atoms with Crippen LogP contribution in [0.15, 0.2) is 18.6 Å². The van der Waals surface area contributed by atoms with Crippen molar-refractivity contribution in [2.45, 2.75) is 37.8 Å². The number of halogens is 2. The molecule has 2 aliphatic rings. The van der Waals surface area contributed by atoms with E-state index in [1.165, 1.54) is 12.8 Å². The van der Waals surface area contributed by atoms with Crippen LogP contribution in [0.3, 0.4) is 0 Å². The van der Waals surface area contributed by atoms with Crippen molar-refractivity contribution < 1.29 is 0 Å². The molecule has 0 aliphatic heterocycles. The van der Waals surface area contributed by atoms with Crippen molar-refractivity contribution in [1.82, 2.24) is 24.3 Å². The van der Waals surface area contributed by atoms with Crippen LogP contribution in [0.5, 0.6) is 0 Å². The first-order chi connectivity index (χ1) is 11.2. The van der Waals surface area contributed by atoms with Gasteiger partial charge in [-0.2, -0.15) is 10.1 Å². The van der Waals surface area contributed by atoms with Crippen molar-refractivity contribution in [2.24, 2.45) is 0 Å². The van der Waals surface area contributed by atoms with Crippen molar-refractivity contribution in [3.05, 3.63) is 28.8 Å². The van der Waals surface area contributed by atoms with Gasteiger partial charge >= 0.3 is 0 Å². The highest BCUT2D eigenvalue weighted by Crippen LogP contribution is 2.40. The molecule has 1 N–H and O–H groups in total. The third-order valence-corrected chi connectivity index (χ3v) is 4.90. The molecule has 0 spiro atoms. The molecule has 6 nitrogen and oxygen atoms in total. The fourth-order valence-corrected chi connectivity index (χ4v) is 3.20. The lowest BCUT2D eigenvalue weighted by atomic mass is 10.4. The van der Waals surface area contributed by atoms with Crippen LogP contribution in [0.4, 0.5) is 11.6 Å². The van der Waals surface area contributed by atoms with Crippen LogP contribution in [0.2, 0.25) is 10.2 Å². The molecule has 2 fully saturated rings. The van der Waals surface area contributed by atoms with E-state index < -0.39 is 0 Å². The summed E-state index contributed by atoms with van der Waals surface area (Å²) in [5.74, 6) is 0.506. The van der Waals surface area contributed by atoms with Crippen molar-refractivity contribution in [1.29, 1.82) is 0 Å². The van der Waals surface area contributed by atoms with E-state index in [2.05, 4.69) is 25.0 Å². The Balaban J connectivity index is 1.51. The highest BCUT2D eigenvalue weighted by atomic mass is 35.5. The summed E-state index contributed by atoms with van der Waals surface area (Å²) in [5.41, 5.74) is 1.59. The molecule has 0 unspecified atom stereocenters. The van der Waals surface area contributed by atoms with Crippen molar-refractivity contribution in [3.8, 4) is 0 Å². The summed E-state index contributed by atoms with van der Waals surface area (Å²) in [6.45, 7) is 0. The highest BCUT2D eigenvalue weighted by molar-refractivity contribution is 6.35. The summed E-state index contributed by atoms with van der Waals surface area (Å²) in [6, 6.07) is 0.992. The Kier molecular flexibility index (Phi) is 2.87. The van der Waals surface area contributed by atoms with E-state index in [1.54, 1.807) is 6.20 Å². The van der Waals surface area contributed by atoms with Gasteiger partial charge in [-0.05, 0) is 25.7 Å². The lowest BCUT2D eigenvalue weighted by Crippen LogP contribution is -1.99. The number of hydrogen-bond acceptors (Lipinski definition) is 4. The largest absolute Gasteiger partial charge is 0.328 e. The smallest absolute Gasteiger partial charge is 0.229 e. The van der Waals surface area contributed by atoms with Crippen LogP contribution in [-0.2, 0) is 0 Å². The molecule has 3 aromatic rings. The Morgan fingerprint density at radius 1 is 1.09 bits per heavy atom. The molecular weight excluding hydrogens is 335 g/mol. The standard InChI is InChI=1S/C15H14Cl2N6/c16-11-6-22(8-1-2-8)14-10(11)5-18-15(20-14)19-12-7-23(9-3-4-9)21-13(12)17/h5-9H,1-4H2,(H,18,19,20). The third kappa shape index (κ3) is 2.37. The number of hydrogen-bond donors (Lipinski definition) is 1. The molecule has 0 amide bonds. The molecule has 2 saturated carbocycles. The lowest BCUT2D eigenvalue weighted by molar-refractivity contribution is 0.642. The monoisotopic (exact) mass is 348 g/mol. The number of nitrogens with zero attached hydrogens (tertiary/aromatic N) is 5. The van der Waals surface area contributed by atoms with Gasteiger partial charge in [-0.25, -0.2) is 4.98 Å². The number of anilines is 2. The van der Waals surface area contributed by atoms with Gasteiger partial charge in [0.1, 0.15) is 5.65 Å². The molecule has 2 aliphatic carbocycles. The van der Waals surface area contributed by atoms with E-state index in [1.807, 2.05) is 17.1 Å². The molecule has 0 saturated heterocycles. The van der Waals surface area contributed by atoms with Crippen LogP contribution < -0.4 is 5.32 Å². The minimum Gasteiger partial charge on any atom is -0.328 e. The zero-order chi connectivity index (χ0) is 15.6. The van der Waals surface area contributed by atoms with Gasteiger partial charge in [-0.3, -0.25) is 4.68 Å². The van der Waals surface area contributed by atoms with Gasteiger partial charge in [-0.1, -0.05) is 23.2 Å². The van der Waals surface area contributed by atoms with Crippen molar-refractivity contribution in [3.63, 3.8) is 0 Å². The Labute approximate surface area is 142 Å². The molecule has 0 bridgehead atoms. The summed E-state index contributed by atoms with van der Waals surface area (Å²) >= 11 is 12.5. The molecule has 0 radical (unpaired) electrons.